The molecule has 112 valence electrons. The molecule has 0 bridgehead atoms. The summed E-state index contributed by atoms with van der Waals surface area (Å²) >= 11 is 0. The molecular weight excluding hydrogens is 281 g/mol. The molecule has 0 saturated carbocycles. The monoisotopic (exact) mass is 296 g/mol. The molecule has 2 aromatic rings. The maximum absolute atomic E-state index is 13.1. The molecule has 2 aromatic heterocycles. The fraction of sp³-hybridized carbons (Fsp3) is 0.357. The van der Waals surface area contributed by atoms with Crippen molar-refractivity contribution in [3.05, 3.63) is 53.4 Å². The average molecular weight is 296 g/mol. The van der Waals surface area contributed by atoms with Gasteiger partial charge in [0, 0.05) is 24.2 Å². The Morgan fingerprint density at radius 2 is 1.95 bits per heavy atom. The van der Waals surface area contributed by atoms with E-state index in [1.54, 1.807) is 6.92 Å². The normalized spacial score (nSPS) is 13.2. The summed E-state index contributed by atoms with van der Waals surface area (Å²) in [6.07, 6.45) is 0.928. The van der Waals surface area contributed by atoms with Crippen LogP contribution in [0.15, 0.2) is 30.9 Å². The van der Waals surface area contributed by atoms with Crippen LogP contribution in [0.3, 0.4) is 0 Å². The van der Waals surface area contributed by atoms with Crippen LogP contribution in [-0.4, -0.2) is 21.5 Å². The summed E-state index contributed by atoms with van der Waals surface area (Å²) in [5.74, 6) is 0. The summed E-state index contributed by atoms with van der Waals surface area (Å²) in [7, 11) is 0. The van der Waals surface area contributed by atoms with Gasteiger partial charge in [0.15, 0.2) is 0 Å². The van der Waals surface area contributed by atoms with Crippen molar-refractivity contribution >= 4 is 0 Å². The van der Waals surface area contributed by atoms with Crippen LogP contribution in [0.4, 0.5) is 13.2 Å². The van der Waals surface area contributed by atoms with E-state index in [0.717, 1.165) is 12.3 Å². The molecule has 1 atom stereocenters. The van der Waals surface area contributed by atoms with Gasteiger partial charge >= 0.3 is 6.18 Å². The summed E-state index contributed by atoms with van der Waals surface area (Å²) in [6, 6.07) is 0.273. The standard InChI is InChI=1S/C14H15F3N4/c1-3-19-13(12-8-20-9(2)6-21-12)10-7-18-5-4-11(10)14(15,16)17/h4-8,13,19H,3H2,1-2H3. The van der Waals surface area contributed by atoms with E-state index in [4.69, 9.17) is 0 Å². The second-order valence-electron chi connectivity index (χ2n) is 4.53. The molecule has 2 rings (SSSR count). The lowest BCUT2D eigenvalue weighted by atomic mass is 10.00. The van der Waals surface area contributed by atoms with Crippen LogP contribution in [-0.2, 0) is 6.18 Å². The third-order valence-corrected chi connectivity index (χ3v) is 2.97. The minimum absolute atomic E-state index is 0.0463. The Morgan fingerprint density at radius 3 is 2.52 bits per heavy atom. The third kappa shape index (κ3) is 3.55. The van der Waals surface area contributed by atoms with Crippen LogP contribution in [0, 0.1) is 6.92 Å². The molecule has 0 aliphatic carbocycles. The quantitative estimate of drug-likeness (QED) is 0.942. The molecule has 0 aromatic carbocycles. The van der Waals surface area contributed by atoms with E-state index < -0.39 is 17.8 Å². The number of pyridine rings is 1. The highest BCUT2D eigenvalue weighted by atomic mass is 19.4. The van der Waals surface area contributed by atoms with Gasteiger partial charge < -0.3 is 5.32 Å². The molecule has 2 heterocycles. The summed E-state index contributed by atoms with van der Waals surface area (Å²) < 4.78 is 39.4. The maximum Gasteiger partial charge on any atom is 0.416 e. The molecule has 0 fully saturated rings. The van der Waals surface area contributed by atoms with Crippen molar-refractivity contribution in [3.63, 3.8) is 0 Å². The highest BCUT2D eigenvalue weighted by Gasteiger charge is 2.35. The van der Waals surface area contributed by atoms with Crippen LogP contribution in [0.2, 0.25) is 0 Å². The van der Waals surface area contributed by atoms with Gasteiger partial charge in [-0.3, -0.25) is 15.0 Å². The Kier molecular flexibility index (Phi) is 4.52. The van der Waals surface area contributed by atoms with E-state index in [9.17, 15) is 13.2 Å². The van der Waals surface area contributed by atoms with Crippen LogP contribution in [0.25, 0.3) is 0 Å². The SMILES string of the molecule is CCNC(c1cnc(C)cn1)c1cnccc1C(F)(F)F. The second-order valence-corrected chi connectivity index (χ2v) is 4.53. The van der Waals surface area contributed by atoms with Gasteiger partial charge in [0.2, 0.25) is 0 Å². The Labute approximate surface area is 120 Å². The van der Waals surface area contributed by atoms with Crippen molar-refractivity contribution in [2.24, 2.45) is 0 Å². The van der Waals surface area contributed by atoms with Gasteiger partial charge in [0.05, 0.1) is 29.2 Å². The number of hydrogen-bond acceptors (Lipinski definition) is 4. The molecule has 0 saturated heterocycles. The molecule has 1 N–H and O–H groups in total. The topological polar surface area (TPSA) is 50.7 Å². The average Bonchev–Trinajstić information content (AvgIpc) is 2.45. The van der Waals surface area contributed by atoms with Gasteiger partial charge in [0.25, 0.3) is 0 Å². The minimum atomic E-state index is -4.44. The molecule has 4 nitrogen and oxygen atoms in total. The summed E-state index contributed by atoms with van der Waals surface area (Å²) in [5.41, 5.74) is 0.466. The van der Waals surface area contributed by atoms with E-state index in [1.807, 2.05) is 6.92 Å². The summed E-state index contributed by atoms with van der Waals surface area (Å²) in [5, 5.41) is 3.00. The highest BCUT2D eigenvalue weighted by molar-refractivity contribution is 5.34. The smallest absolute Gasteiger partial charge is 0.305 e. The first-order chi connectivity index (χ1) is 9.93. The van der Waals surface area contributed by atoms with E-state index in [0.29, 0.717) is 17.9 Å². The Bertz CT molecular complexity index is 596. The van der Waals surface area contributed by atoms with Gasteiger partial charge in [-0.05, 0) is 19.5 Å². The largest absolute Gasteiger partial charge is 0.416 e. The molecule has 7 heteroatoms. The molecule has 1 unspecified atom stereocenters. The molecular formula is C14H15F3N4. The van der Waals surface area contributed by atoms with E-state index in [-0.39, 0.29) is 5.56 Å². The van der Waals surface area contributed by atoms with Crippen molar-refractivity contribution in [1.29, 1.82) is 0 Å². The lowest BCUT2D eigenvalue weighted by Gasteiger charge is -2.21. The zero-order chi connectivity index (χ0) is 15.5. The predicted molar refractivity (Wildman–Crippen MR) is 71.5 cm³/mol. The molecule has 0 aliphatic heterocycles. The maximum atomic E-state index is 13.1. The van der Waals surface area contributed by atoms with Gasteiger partial charge in [-0.1, -0.05) is 6.92 Å². The van der Waals surface area contributed by atoms with Crippen molar-refractivity contribution in [2.75, 3.05) is 6.54 Å². The number of alkyl halides is 3. The number of nitrogens with zero attached hydrogens (tertiary/aromatic N) is 3. The van der Waals surface area contributed by atoms with Crippen molar-refractivity contribution in [2.45, 2.75) is 26.1 Å². The molecule has 0 radical (unpaired) electrons. The zero-order valence-corrected chi connectivity index (χ0v) is 11.6. The molecule has 0 aliphatic rings. The van der Waals surface area contributed by atoms with E-state index >= 15 is 0 Å². The number of halogens is 3. The van der Waals surface area contributed by atoms with Gasteiger partial charge in [-0.15, -0.1) is 0 Å². The Hall–Kier alpha value is -2.02. The van der Waals surface area contributed by atoms with Crippen molar-refractivity contribution in [1.82, 2.24) is 20.3 Å². The zero-order valence-electron chi connectivity index (χ0n) is 11.6. The van der Waals surface area contributed by atoms with Crippen molar-refractivity contribution < 1.29 is 13.2 Å². The molecule has 0 amide bonds. The first-order valence-corrected chi connectivity index (χ1v) is 6.46. The van der Waals surface area contributed by atoms with Crippen LogP contribution in [0.5, 0.6) is 0 Å². The van der Waals surface area contributed by atoms with Crippen molar-refractivity contribution in [3.8, 4) is 0 Å². The lowest BCUT2D eigenvalue weighted by Crippen LogP contribution is -2.26. The molecule has 21 heavy (non-hydrogen) atoms. The number of hydrogen-bond donors (Lipinski definition) is 1. The van der Waals surface area contributed by atoms with Crippen LogP contribution in [0.1, 0.15) is 35.5 Å². The fourth-order valence-corrected chi connectivity index (χ4v) is 2.02. The molecule has 0 spiro atoms. The van der Waals surface area contributed by atoms with Gasteiger partial charge in [-0.2, -0.15) is 13.2 Å². The number of aromatic nitrogens is 3. The highest BCUT2D eigenvalue weighted by Crippen LogP contribution is 2.35. The number of aryl methyl sites for hydroxylation is 1. The first kappa shape index (κ1) is 15.4. The number of nitrogens with one attached hydrogen (secondary N) is 1. The Balaban J connectivity index is 2.51. The van der Waals surface area contributed by atoms with Crippen LogP contribution < -0.4 is 5.32 Å². The number of rotatable bonds is 4. The summed E-state index contributed by atoms with van der Waals surface area (Å²) in [4.78, 5) is 12.1. The second kappa shape index (κ2) is 6.17. The van der Waals surface area contributed by atoms with Gasteiger partial charge in [0.1, 0.15) is 0 Å². The lowest BCUT2D eigenvalue weighted by molar-refractivity contribution is -0.138. The fourth-order valence-electron chi connectivity index (χ4n) is 2.02. The minimum Gasteiger partial charge on any atom is -0.305 e. The summed E-state index contributed by atoms with van der Waals surface area (Å²) in [6.45, 7) is 4.08. The van der Waals surface area contributed by atoms with E-state index in [2.05, 4.69) is 20.3 Å². The van der Waals surface area contributed by atoms with Crippen LogP contribution >= 0.6 is 0 Å². The Morgan fingerprint density at radius 1 is 1.19 bits per heavy atom. The van der Waals surface area contributed by atoms with Gasteiger partial charge in [-0.25, -0.2) is 0 Å². The predicted octanol–water partition coefficient (Wildman–Crippen LogP) is 2.90. The third-order valence-electron chi connectivity index (χ3n) is 2.97. The first-order valence-electron chi connectivity index (χ1n) is 6.46. The van der Waals surface area contributed by atoms with E-state index in [1.165, 1.54) is 18.6 Å².